The van der Waals surface area contributed by atoms with Crippen LogP contribution in [-0.4, -0.2) is 43.7 Å². The average Bonchev–Trinajstić information content (AvgIpc) is 2.80. The number of nitrogens with one attached hydrogen (secondary N) is 1. The maximum Gasteiger partial charge on any atom is 0.339 e. The first-order chi connectivity index (χ1) is 15.6. The molecular weight excluding hydrogens is 442 g/mol. The lowest BCUT2D eigenvalue weighted by Gasteiger charge is -2.17. The molecule has 1 unspecified atom stereocenters. The number of hydrogen-bond acceptors (Lipinski definition) is 7. The van der Waals surface area contributed by atoms with Crippen LogP contribution in [0.4, 0.5) is 0 Å². The molecule has 1 atom stereocenters. The quantitative estimate of drug-likeness (QED) is 0.407. The summed E-state index contributed by atoms with van der Waals surface area (Å²) >= 11 is 1.25. The van der Waals surface area contributed by atoms with Crippen LogP contribution >= 0.6 is 11.8 Å². The lowest BCUT2D eigenvalue weighted by Crippen LogP contribution is -2.30. The monoisotopic (exact) mass is 473 g/mol. The van der Waals surface area contributed by atoms with Gasteiger partial charge in [-0.05, 0) is 36.8 Å². The van der Waals surface area contributed by atoms with E-state index in [2.05, 4.69) is 5.32 Å². The first kappa shape index (κ1) is 26.3. The van der Waals surface area contributed by atoms with Crippen molar-refractivity contribution < 1.29 is 28.6 Å². The van der Waals surface area contributed by atoms with Gasteiger partial charge in [0.05, 0.1) is 25.0 Å². The molecule has 2 aromatic rings. The fourth-order valence-corrected chi connectivity index (χ4v) is 3.74. The van der Waals surface area contributed by atoms with E-state index in [1.54, 1.807) is 78.3 Å². The molecule has 0 spiro atoms. The number of hydrogen-bond donors (Lipinski definition) is 1. The van der Waals surface area contributed by atoms with Crippen LogP contribution in [0.25, 0.3) is 0 Å². The summed E-state index contributed by atoms with van der Waals surface area (Å²) in [6.07, 6.45) is 0. The van der Waals surface area contributed by atoms with E-state index >= 15 is 0 Å². The van der Waals surface area contributed by atoms with Crippen LogP contribution in [0.1, 0.15) is 43.6 Å². The highest BCUT2D eigenvalue weighted by Crippen LogP contribution is 2.29. The van der Waals surface area contributed by atoms with Crippen LogP contribution in [-0.2, 0) is 20.9 Å². The number of rotatable bonds is 10. The fourth-order valence-electron chi connectivity index (χ4n) is 2.73. The topological polar surface area (TPSA) is 90.9 Å². The highest BCUT2D eigenvalue weighted by molar-refractivity contribution is 8.00. The molecule has 0 aliphatic rings. The third-order valence-electron chi connectivity index (χ3n) is 4.87. The van der Waals surface area contributed by atoms with Gasteiger partial charge < -0.3 is 19.5 Å². The number of thioether (sulfide) groups is 1. The predicted molar refractivity (Wildman–Crippen MR) is 128 cm³/mol. The van der Waals surface area contributed by atoms with Crippen molar-refractivity contribution in [1.82, 2.24) is 5.32 Å². The highest BCUT2D eigenvalue weighted by atomic mass is 32.2. The van der Waals surface area contributed by atoms with Crippen LogP contribution in [0.2, 0.25) is 0 Å². The zero-order valence-electron chi connectivity index (χ0n) is 19.9. The van der Waals surface area contributed by atoms with Gasteiger partial charge in [0.25, 0.3) is 0 Å². The number of methoxy groups -OCH3 is 2. The molecule has 0 heterocycles. The summed E-state index contributed by atoms with van der Waals surface area (Å²) in [6.45, 7) is 7.12. The zero-order valence-corrected chi connectivity index (χ0v) is 20.7. The van der Waals surface area contributed by atoms with E-state index < -0.39 is 16.6 Å². The third kappa shape index (κ3) is 7.53. The maximum atomic E-state index is 12.7. The molecule has 0 radical (unpaired) electrons. The SMILES string of the molecule is COc1ccc(CNC(=O)C(C)Sc2ccccc2C(=O)OCC(=O)C(C)(C)C)cc1OC. The minimum Gasteiger partial charge on any atom is -0.493 e. The van der Waals surface area contributed by atoms with Gasteiger partial charge in [-0.3, -0.25) is 9.59 Å². The van der Waals surface area contributed by atoms with Crippen molar-refractivity contribution >= 4 is 29.4 Å². The van der Waals surface area contributed by atoms with Crippen molar-refractivity contribution in [3.05, 3.63) is 53.6 Å². The second-order valence-electron chi connectivity index (χ2n) is 8.41. The summed E-state index contributed by atoms with van der Waals surface area (Å²) in [5.74, 6) is 0.270. The van der Waals surface area contributed by atoms with Crippen LogP contribution in [0, 0.1) is 5.41 Å². The molecule has 0 aliphatic carbocycles. The molecule has 2 aromatic carbocycles. The van der Waals surface area contributed by atoms with Crippen molar-refractivity contribution in [2.75, 3.05) is 20.8 Å². The van der Waals surface area contributed by atoms with Gasteiger partial charge in [-0.1, -0.05) is 39.0 Å². The van der Waals surface area contributed by atoms with Gasteiger partial charge in [-0.25, -0.2) is 4.79 Å². The van der Waals surface area contributed by atoms with E-state index in [1.165, 1.54) is 11.8 Å². The van der Waals surface area contributed by atoms with E-state index in [-0.39, 0.29) is 18.3 Å². The predicted octanol–water partition coefficient (Wildman–Crippen LogP) is 4.27. The van der Waals surface area contributed by atoms with E-state index in [0.29, 0.717) is 28.5 Å². The van der Waals surface area contributed by atoms with Crippen LogP contribution in [0.5, 0.6) is 11.5 Å². The Morgan fingerprint density at radius 3 is 2.30 bits per heavy atom. The van der Waals surface area contributed by atoms with Crippen molar-refractivity contribution in [1.29, 1.82) is 0 Å². The normalized spacial score (nSPS) is 11.9. The molecule has 0 aliphatic heterocycles. The molecule has 1 N–H and O–H groups in total. The zero-order chi connectivity index (χ0) is 24.6. The van der Waals surface area contributed by atoms with Gasteiger partial charge in [-0.15, -0.1) is 11.8 Å². The first-order valence-electron chi connectivity index (χ1n) is 10.5. The summed E-state index contributed by atoms with van der Waals surface area (Å²) in [4.78, 5) is 37.9. The van der Waals surface area contributed by atoms with Crippen molar-refractivity contribution in [2.45, 2.75) is 44.4 Å². The Labute approximate surface area is 199 Å². The van der Waals surface area contributed by atoms with Gasteiger partial charge in [0.1, 0.15) is 0 Å². The fraction of sp³-hybridized carbons (Fsp3) is 0.400. The first-order valence-corrected chi connectivity index (χ1v) is 11.4. The molecule has 1 amide bonds. The van der Waals surface area contributed by atoms with Crippen LogP contribution in [0.15, 0.2) is 47.4 Å². The van der Waals surface area contributed by atoms with Crippen molar-refractivity contribution in [2.24, 2.45) is 5.41 Å². The second-order valence-corrected chi connectivity index (χ2v) is 9.80. The summed E-state index contributed by atoms with van der Waals surface area (Å²) in [5.41, 5.74) is 0.601. The summed E-state index contributed by atoms with van der Waals surface area (Å²) < 4.78 is 15.7. The molecular formula is C25H31NO6S. The molecule has 178 valence electrons. The molecule has 8 heteroatoms. The number of benzene rings is 2. The molecule has 0 bridgehead atoms. The van der Waals surface area contributed by atoms with Crippen LogP contribution in [0.3, 0.4) is 0 Å². The lowest BCUT2D eigenvalue weighted by molar-refractivity contribution is -0.129. The average molecular weight is 474 g/mol. The van der Waals surface area contributed by atoms with Gasteiger partial charge in [0.15, 0.2) is 23.9 Å². The molecule has 33 heavy (non-hydrogen) atoms. The Morgan fingerprint density at radius 1 is 1.00 bits per heavy atom. The van der Waals surface area contributed by atoms with E-state index in [4.69, 9.17) is 14.2 Å². The van der Waals surface area contributed by atoms with Crippen molar-refractivity contribution in [3.8, 4) is 11.5 Å². The number of carbonyl (C=O) groups is 3. The number of carbonyl (C=O) groups excluding carboxylic acids is 3. The Hall–Kier alpha value is -3.00. The number of ether oxygens (including phenoxy) is 3. The molecule has 0 saturated carbocycles. The highest BCUT2D eigenvalue weighted by Gasteiger charge is 2.24. The third-order valence-corrected chi connectivity index (χ3v) is 6.04. The van der Waals surface area contributed by atoms with Gasteiger partial charge in [-0.2, -0.15) is 0 Å². The Bertz CT molecular complexity index is 999. The maximum absolute atomic E-state index is 12.7. The minimum atomic E-state index is -0.589. The minimum absolute atomic E-state index is 0.163. The Balaban J connectivity index is 1.99. The molecule has 7 nitrogen and oxygen atoms in total. The molecule has 0 fully saturated rings. The smallest absolute Gasteiger partial charge is 0.339 e. The standard InChI is InChI=1S/C25H31NO6S/c1-16(23(28)26-14-17-11-12-19(30-5)20(13-17)31-6)33-21-10-8-7-9-18(21)24(29)32-15-22(27)25(2,3)4/h7-13,16H,14-15H2,1-6H3,(H,26,28). The van der Waals surface area contributed by atoms with Gasteiger partial charge in [0, 0.05) is 16.9 Å². The van der Waals surface area contributed by atoms with Gasteiger partial charge in [0.2, 0.25) is 5.91 Å². The molecule has 2 rings (SSSR count). The summed E-state index contributed by atoms with van der Waals surface area (Å²) in [7, 11) is 3.12. The largest absolute Gasteiger partial charge is 0.493 e. The number of esters is 1. The molecule has 0 saturated heterocycles. The van der Waals surface area contributed by atoms with Gasteiger partial charge >= 0.3 is 5.97 Å². The van der Waals surface area contributed by atoms with Crippen molar-refractivity contribution in [3.63, 3.8) is 0 Å². The summed E-state index contributed by atoms with van der Waals surface area (Å²) in [5, 5.41) is 2.43. The number of amides is 1. The van der Waals surface area contributed by atoms with E-state index in [0.717, 1.165) is 5.56 Å². The van der Waals surface area contributed by atoms with E-state index in [1.807, 2.05) is 6.07 Å². The Kier molecular flexibility index (Phi) is 9.34. The number of Topliss-reactive ketones (excluding diaryl/α,β-unsaturated/α-hetero) is 1. The molecule has 0 aromatic heterocycles. The Morgan fingerprint density at radius 2 is 1.67 bits per heavy atom. The van der Waals surface area contributed by atoms with E-state index in [9.17, 15) is 14.4 Å². The lowest BCUT2D eigenvalue weighted by atomic mass is 9.91. The van der Waals surface area contributed by atoms with Crippen LogP contribution < -0.4 is 14.8 Å². The second kappa shape index (κ2) is 11.7. The number of ketones is 1. The summed E-state index contributed by atoms with van der Waals surface area (Å²) in [6, 6.07) is 12.3.